The van der Waals surface area contributed by atoms with Gasteiger partial charge in [0.15, 0.2) is 0 Å². The Balaban J connectivity index is 3.50. The van der Waals surface area contributed by atoms with E-state index in [1.165, 1.54) is 6.08 Å². The molecule has 0 bridgehead atoms. The van der Waals surface area contributed by atoms with Crippen molar-refractivity contribution < 1.29 is 4.79 Å². The zero-order valence-corrected chi connectivity index (χ0v) is 4.37. The maximum Gasteiger partial charge on any atom is 0.241 e. The van der Waals surface area contributed by atoms with Crippen LogP contribution < -0.4 is 17.2 Å². The number of carbonyl (C=O) groups excluding carboxylic acids is 1. The van der Waals surface area contributed by atoms with Gasteiger partial charge in [0, 0.05) is 6.08 Å². The number of primary amides is 1. The second-order valence-electron chi connectivity index (χ2n) is 1.34. The Morgan fingerprint density at radius 1 is 1.50 bits per heavy atom. The molecule has 46 valence electrons. The molecule has 4 nitrogen and oxygen atoms in total. The highest BCUT2D eigenvalue weighted by atomic mass is 16.1. The zero-order valence-electron chi connectivity index (χ0n) is 4.37. The van der Waals surface area contributed by atoms with Crippen molar-refractivity contribution in [2.45, 2.75) is 6.17 Å². The molecule has 6 N–H and O–H groups in total. The number of nitrogens with two attached hydrogens (primary N) is 3. The van der Waals surface area contributed by atoms with Crippen LogP contribution in [0.1, 0.15) is 0 Å². The van der Waals surface area contributed by atoms with E-state index in [-0.39, 0.29) is 0 Å². The van der Waals surface area contributed by atoms with Gasteiger partial charge in [0.2, 0.25) is 5.91 Å². The van der Waals surface area contributed by atoms with Gasteiger partial charge in [0.25, 0.3) is 0 Å². The molecule has 0 rings (SSSR count). The summed E-state index contributed by atoms with van der Waals surface area (Å²) in [5.74, 6) is -0.536. The van der Waals surface area contributed by atoms with E-state index in [2.05, 4.69) is 0 Å². The van der Waals surface area contributed by atoms with Gasteiger partial charge in [-0.1, -0.05) is 0 Å². The Morgan fingerprint density at radius 3 is 2.12 bits per heavy atom. The van der Waals surface area contributed by atoms with Crippen molar-refractivity contribution in [3.05, 3.63) is 12.2 Å². The Morgan fingerprint density at radius 2 is 2.00 bits per heavy atom. The average molecular weight is 115 g/mol. The van der Waals surface area contributed by atoms with E-state index in [0.717, 1.165) is 6.08 Å². The standard InChI is InChI=1S/C4H9N3O/c5-3(6)1-2-4(7)8/h1-3H,5-6H2,(H2,7,8). The third-order valence-corrected chi connectivity index (χ3v) is 0.483. The lowest BCUT2D eigenvalue weighted by Gasteiger charge is -1.90. The van der Waals surface area contributed by atoms with Gasteiger partial charge in [-0.15, -0.1) is 0 Å². The molecule has 0 saturated carbocycles. The summed E-state index contributed by atoms with van der Waals surface area (Å²) in [5, 5.41) is 0. The molecule has 0 saturated heterocycles. The predicted molar refractivity (Wildman–Crippen MR) is 30.5 cm³/mol. The Labute approximate surface area is 47.3 Å². The van der Waals surface area contributed by atoms with Gasteiger partial charge in [-0.3, -0.25) is 4.79 Å². The molecule has 1 amide bonds. The van der Waals surface area contributed by atoms with Crippen LogP contribution in [0.4, 0.5) is 0 Å². The molecule has 0 heterocycles. The van der Waals surface area contributed by atoms with Gasteiger partial charge in [-0.25, -0.2) is 0 Å². The minimum absolute atomic E-state index is 0.536. The van der Waals surface area contributed by atoms with E-state index in [9.17, 15) is 4.79 Å². The minimum Gasteiger partial charge on any atom is -0.366 e. The number of rotatable bonds is 2. The van der Waals surface area contributed by atoms with Crippen molar-refractivity contribution in [2.75, 3.05) is 0 Å². The molecule has 0 aliphatic heterocycles. The molecule has 0 aliphatic carbocycles. The first-order valence-corrected chi connectivity index (χ1v) is 2.11. The smallest absolute Gasteiger partial charge is 0.241 e. The van der Waals surface area contributed by atoms with Gasteiger partial charge in [0.1, 0.15) is 0 Å². The van der Waals surface area contributed by atoms with Crippen LogP contribution in [0.25, 0.3) is 0 Å². The molecule has 0 aromatic heterocycles. The second kappa shape index (κ2) is 3.17. The summed E-state index contributed by atoms with van der Waals surface area (Å²) in [6.45, 7) is 0. The fourth-order valence-electron chi connectivity index (χ4n) is 0.206. The maximum atomic E-state index is 9.93. The normalized spacial score (nSPS) is 10.9. The van der Waals surface area contributed by atoms with Crippen LogP contribution in [-0.2, 0) is 4.79 Å². The maximum absolute atomic E-state index is 9.93. The number of carbonyl (C=O) groups is 1. The molecule has 0 aromatic carbocycles. The van der Waals surface area contributed by atoms with Crippen molar-refractivity contribution in [3.63, 3.8) is 0 Å². The summed E-state index contributed by atoms with van der Waals surface area (Å²) in [6.07, 6.45) is 1.86. The molecule has 4 heteroatoms. The summed E-state index contributed by atoms with van der Waals surface area (Å²) in [4.78, 5) is 9.93. The molecule has 0 radical (unpaired) electrons. The van der Waals surface area contributed by atoms with Gasteiger partial charge >= 0.3 is 0 Å². The third kappa shape index (κ3) is 5.13. The monoisotopic (exact) mass is 115 g/mol. The summed E-state index contributed by atoms with van der Waals surface area (Å²) < 4.78 is 0. The van der Waals surface area contributed by atoms with Crippen molar-refractivity contribution >= 4 is 5.91 Å². The highest BCUT2D eigenvalue weighted by molar-refractivity contribution is 5.85. The van der Waals surface area contributed by atoms with E-state index in [1.807, 2.05) is 0 Å². The van der Waals surface area contributed by atoms with Crippen LogP contribution in [-0.4, -0.2) is 12.1 Å². The minimum atomic E-state index is -0.595. The summed E-state index contributed by atoms with van der Waals surface area (Å²) >= 11 is 0. The zero-order chi connectivity index (χ0) is 6.57. The van der Waals surface area contributed by atoms with Crippen molar-refractivity contribution in [3.8, 4) is 0 Å². The van der Waals surface area contributed by atoms with Crippen molar-refractivity contribution in [1.82, 2.24) is 0 Å². The lowest BCUT2D eigenvalue weighted by molar-refractivity contribution is -0.113. The first-order valence-electron chi connectivity index (χ1n) is 2.11. The summed E-state index contributed by atoms with van der Waals surface area (Å²) in [5.41, 5.74) is 14.8. The quantitative estimate of drug-likeness (QED) is 0.295. The van der Waals surface area contributed by atoms with Crippen LogP contribution in [0.3, 0.4) is 0 Å². The summed E-state index contributed by atoms with van der Waals surface area (Å²) in [6, 6.07) is 0. The molecule has 0 aliphatic rings. The molecule has 0 unspecified atom stereocenters. The summed E-state index contributed by atoms with van der Waals surface area (Å²) in [7, 11) is 0. The van der Waals surface area contributed by atoms with Crippen molar-refractivity contribution in [1.29, 1.82) is 0 Å². The van der Waals surface area contributed by atoms with Gasteiger partial charge in [0.05, 0.1) is 6.17 Å². The average Bonchev–Trinajstić information content (AvgIpc) is 1.61. The topological polar surface area (TPSA) is 95.1 Å². The van der Waals surface area contributed by atoms with Crippen LogP contribution >= 0.6 is 0 Å². The number of hydrogen-bond donors (Lipinski definition) is 3. The van der Waals surface area contributed by atoms with Crippen LogP contribution in [0.2, 0.25) is 0 Å². The molecule has 0 atom stereocenters. The second-order valence-corrected chi connectivity index (χ2v) is 1.34. The van der Waals surface area contributed by atoms with E-state index in [1.54, 1.807) is 0 Å². The van der Waals surface area contributed by atoms with Crippen LogP contribution in [0.15, 0.2) is 12.2 Å². The molecular weight excluding hydrogens is 106 g/mol. The fourth-order valence-corrected chi connectivity index (χ4v) is 0.206. The number of amides is 1. The SMILES string of the molecule is NC(=O)C=CC(N)N. The molecule has 0 spiro atoms. The van der Waals surface area contributed by atoms with Crippen LogP contribution in [0, 0.1) is 0 Å². The lowest BCUT2D eigenvalue weighted by Crippen LogP contribution is -2.28. The highest BCUT2D eigenvalue weighted by Gasteiger charge is 1.84. The first-order chi connectivity index (χ1) is 3.63. The predicted octanol–water partition coefficient (Wildman–Crippen LogP) is -1.73. The number of hydrogen-bond acceptors (Lipinski definition) is 3. The van der Waals surface area contributed by atoms with Gasteiger partial charge < -0.3 is 17.2 Å². The fraction of sp³-hybridized carbons (Fsp3) is 0.250. The van der Waals surface area contributed by atoms with Gasteiger partial charge in [-0.05, 0) is 6.08 Å². The van der Waals surface area contributed by atoms with E-state index >= 15 is 0 Å². The highest BCUT2D eigenvalue weighted by Crippen LogP contribution is 1.68. The molecule has 0 aromatic rings. The van der Waals surface area contributed by atoms with Gasteiger partial charge in [-0.2, -0.15) is 0 Å². The molecular formula is C4H9N3O. The Bertz CT molecular complexity index is 108. The first kappa shape index (κ1) is 7.13. The van der Waals surface area contributed by atoms with Crippen LogP contribution in [0.5, 0.6) is 0 Å². The Kier molecular flexibility index (Phi) is 2.83. The van der Waals surface area contributed by atoms with E-state index in [4.69, 9.17) is 17.2 Å². The Hall–Kier alpha value is -0.870. The van der Waals surface area contributed by atoms with E-state index < -0.39 is 12.1 Å². The molecule has 0 fully saturated rings. The lowest BCUT2D eigenvalue weighted by atomic mass is 10.4. The largest absolute Gasteiger partial charge is 0.366 e. The van der Waals surface area contributed by atoms with Crippen molar-refractivity contribution in [2.24, 2.45) is 17.2 Å². The van der Waals surface area contributed by atoms with E-state index in [0.29, 0.717) is 0 Å². The third-order valence-electron chi connectivity index (χ3n) is 0.483. The molecule has 8 heavy (non-hydrogen) atoms.